The van der Waals surface area contributed by atoms with E-state index in [-0.39, 0.29) is 17.7 Å². The van der Waals surface area contributed by atoms with Crippen molar-refractivity contribution in [2.24, 2.45) is 11.3 Å². The van der Waals surface area contributed by atoms with Crippen LogP contribution in [-0.2, 0) is 16.0 Å². The quantitative estimate of drug-likeness (QED) is 0.763. The molecule has 16 heavy (non-hydrogen) atoms. The van der Waals surface area contributed by atoms with Crippen molar-refractivity contribution in [3.05, 3.63) is 35.9 Å². The van der Waals surface area contributed by atoms with Crippen molar-refractivity contribution in [3.63, 3.8) is 0 Å². The molecular weight excluding hydrogens is 202 g/mol. The monoisotopic (exact) mass is 217 g/mol. The number of rotatable bonds is 2. The molecule has 1 heterocycles. The lowest BCUT2D eigenvalue weighted by Crippen LogP contribution is -2.33. The van der Waals surface area contributed by atoms with Crippen LogP contribution in [0, 0.1) is 11.3 Å². The molecule has 0 saturated carbocycles. The van der Waals surface area contributed by atoms with E-state index in [4.69, 9.17) is 0 Å². The Balaban J connectivity index is 2.26. The van der Waals surface area contributed by atoms with Gasteiger partial charge in [0.05, 0.1) is 11.3 Å². The molecule has 1 saturated heterocycles. The van der Waals surface area contributed by atoms with Crippen LogP contribution in [-0.4, -0.2) is 11.8 Å². The average molecular weight is 217 g/mol. The third kappa shape index (κ3) is 1.62. The fourth-order valence-corrected chi connectivity index (χ4v) is 2.10. The largest absolute Gasteiger partial charge is 0.296 e. The molecule has 0 aromatic heterocycles. The summed E-state index contributed by atoms with van der Waals surface area (Å²) in [5.74, 6) is -0.586. The van der Waals surface area contributed by atoms with E-state index in [0.29, 0.717) is 6.42 Å². The van der Waals surface area contributed by atoms with Gasteiger partial charge in [-0.15, -0.1) is 0 Å². The first-order chi connectivity index (χ1) is 7.54. The molecule has 0 spiro atoms. The summed E-state index contributed by atoms with van der Waals surface area (Å²) in [6, 6.07) is 9.79. The Morgan fingerprint density at radius 1 is 1.25 bits per heavy atom. The highest BCUT2D eigenvalue weighted by molar-refractivity contribution is 6.07. The number of nitrogens with one attached hydrogen (secondary N) is 1. The smallest absolute Gasteiger partial charge is 0.233 e. The van der Waals surface area contributed by atoms with Crippen molar-refractivity contribution in [1.82, 2.24) is 5.32 Å². The molecular formula is C13H15NO2. The lowest BCUT2D eigenvalue weighted by atomic mass is 9.75. The molecule has 2 unspecified atom stereocenters. The number of imide groups is 1. The summed E-state index contributed by atoms with van der Waals surface area (Å²) in [5.41, 5.74) is 0.472. The standard InChI is InChI=1S/C13H15NO2/c1-9-11(15)14-12(16)13(9,2)8-10-6-4-3-5-7-10/h3-7,9H,8H2,1-2H3,(H,14,15,16). The van der Waals surface area contributed by atoms with Crippen LogP contribution in [0.5, 0.6) is 0 Å². The minimum absolute atomic E-state index is 0.158. The summed E-state index contributed by atoms with van der Waals surface area (Å²) in [7, 11) is 0. The fraction of sp³-hybridized carbons (Fsp3) is 0.385. The van der Waals surface area contributed by atoms with Crippen LogP contribution >= 0.6 is 0 Å². The zero-order valence-corrected chi connectivity index (χ0v) is 9.49. The Bertz CT molecular complexity index is 427. The normalized spacial score (nSPS) is 29.2. The summed E-state index contributed by atoms with van der Waals surface area (Å²) in [4.78, 5) is 23.2. The first-order valence-corrected chi connectivity index (χ1v) is 5.43. The lowest BCUT2D eigenvalue weighted by molar-refractivity contribution is -0.128. The van der Waals surface area contributed by atoms with E-state index in [0.717, 1.165) is 5.56 Å². The highest BCUT2D eigenvalue weighted by Crippen LogP contribution is 2.36. The van der Waals surface area contributed by atoms with E-state index in [2.05, 4.69) is 5.32 Å². The van der Waals surface area contributed by atoms with Crippen molar-refractivity contribution in [2.75, 3.05) is 0 Å². The van der Waals surface area contributed by atoms with Gasteiger partial charge in [-0.1, -0.05) is 37.3 Å². The van der Waals surface area contributed by atoms with Crippen LogP contribution < -0.4 is 5.32 Å². The number of amides is 2. The van der Waals surface area contributed by atoms with E-state index in [1.165, 1.54) is 0 Å². The van der Waals surface area contributed by atoms with Gasteiger partial charge in [0.15, 0.2) is 0 Å². The first kappa shape index (κ1) is 10.9. The van der Waals surface area contributed by atoms with Crippen LogP contribution in [0.25, 0.3) is 0 Å². The van der Waals surface area contributed by atoms with Gasteiger partial charge in [-0.25, -0.2) is 0 Å². The third-order valence-electron chi connectivity index (χ3n) is 3.52. The van der Waals surface area contributed by atoms with E-state index in [9.17, 15) is 9.59 Å². The second kappa shape index (κ2) is 3.74. The molecule has 2 rings (SSSR count). The van der Waals surface area contributed by atoms with Gasteiger partial charge in [-0.05, 0) is 18.9 Å². The molecule has 0 bridgehead atoms. The predicted molar refractivity (Wildman–Crippen MR) is 60.6 cm³/mol. The molecule has 0 aliphatic carbocycles. The zero-order chi connectivity index (χ0) is 11.8. The topological polar surface area (TPSA) is 46.2 Å². The summed E-state index contributed by atoms with van der Waals surface area (Å²) < 4.78 is 0. The minimum atomic E-state index is -0.613. The minimum Gasteiger partial charge on any atom is -0.296 e. The Kier molecular flexibility index (Phi) is 2.54. The molecule has 1 aromatic rings. The van der Waals surface area contributed by atoms with Crippen LogP contribution in [0.1, 0.15) is 19.4 Å². The van der Waals surface area contributed by atoms with Gasteiger partial charge >= 0.3 is 0 Å². The predicted octanol–water partition coefficient (Wildman–Crippen LogP) is 1.53. The summed E-state index contributed by atoms with van der Waals surface area (Å²) in [5, 5.41) is 2.40. The Morgan fingerprint density at radius 3 is 2.38 bits per heavy atom. The highest BCUT2D eigenvalue weighted by atomic mass is 16.2. The first-order valence-electron chi connectivity index (χ1n) is 5.43. The van der Waals surface area contributed by atoms with Gasteiger partial charge < -0.3 is 0 Å². The van der Waals surface area contributed by atoms with Gasteiger partial charge in [0.2, 0.25) is 11.8 Å². The molecule has 1 aliphatic heterocycles. The second-order valence-corrected chi connectivity index (χ2v) is 4.62. The van der Waals surface area contributed by atoms with Crippen molar-refractivity contribution in [3.8, 4) is 0 Å². The average Bonchev–Trinajstić information content (AvgIpc) is 2.45. The molecule has 1 aromatic carbocycles. The van der Waals surface area contributed by atoms with Crippen LogP contribution in [0.3, 0.4) is 0 Å². The molecule has 3 nitrogen and oxygen atoms in total. The molecule has 1 fully saturated rings. The van der Waals surface area contributed by atoms with Gasteiger partial charge in [0.1, 0.15) is 0 Å². The van der Waals surface area contributed by atoms with Crippen LogP contribution in [0.4, 0.5) is 0 Å². The molecule has 84 valence electrons. The van der Waals surface area contributed by atoms with Crippen molar-refractivity contribution in [2.45, 2.75) is 20.3 Å². The van der Waals surface area contributed by atoms with Crippen LogP contribution in [0.2, 0.25) is 0 Å². The molecule has 2 atom stereocenters. The van der Waals surface area contributed by atoms with Crippen LogP contribution in [0.15, 0.2) is 30.3 Å². The van der Waals surface area contributed by atoms with E-state index in [1.54, 1.807) is 0 Å². The number of hydrogen-bond donors (Lipinski definition) is 1. The van der Waals surface area contributed by atoms with E-state index in [1.807, 2.05) is 44.2 Å². The number of carbonyl (C=O) groups is 2. The van der Waals surface area contributed by atoms with E-state index < -0.39 is 5.41 Å². The van der Waals surface area contributed by atoms with Crippen molar-refractivity contribution in [1.29, 1.82) is 0 Å². The molecule has 3 heteroatoms. The molecule has 1 N–H and O–H groups in total. The van der Waals surface area contributed by atoms with Gasteiger partial charge in [-0.2, -0.15) is 0 Å². The number of hydrogen-bond acceptors (Lipinski definition) is 2. The summed E-state index contributed by atoms with van der Waals surface area (Å²) in [6.07, 6.45) is 0.604. The SMILES string of the molecule is CC1C(=O)NC(=O)C1(C)Cc1ccccc1. The maximum atomic E-state index is 11.8. The maximum absolute atomic E-state index is 11.8. The Labute approximate surface area is 94.9 Å². The number of benzene rings is 1. The van der Waals surface area contributed by atoms with Gasteiger partial charge in [-0.3, -0.25) is 14.9 Å². The highest BCUT2D eigenvalue weighted by Gasteiger charge is 2.48. The Hall–Kier alpha value is -1.64. The summed E-state index contributed by atoms with van der Waals surface area (Å²) in [6.45, 7) is 3.66. The summed E-state index contributed by atoms with van der Waals surface area (Å²) >= 11 is 0. The fourth-order valence-electron chi connectivity index (χ4n) is 2.10. The lowest BCUT2D eigenvalue weighted by Gasteiger charge is -2.24. The van der Waals surface area contributed by atoms with E-state index >= 15 is 0 Å². The molecule has 1 aliphatic rings. The maximum Gasteiger partial charge on any atom is 0.233 e. The second-order valence-electron chi connectivity index (χ2n) is 4.62. The Morgan fingerprint density at radius 2 is 1.88 bits per heavy atom. The third-order valence-corrected chi connectivity index (χ3v) is 3.52. The number of carbonyl (C=O) groups excluding carboxylic acids is 2. The van der Waals surface area contributed by atoms with Crippen molar-refractivity contribution >= 4 is 11.8 Å². The zero-order valence-electron chi connectivity index (χ0n) is 9.49. The molecule has 2 amide bonds. The molecule has 0 radical (unpaired) electrons. The van der Waals surface area contributed by atoms with Crippen molar-refractivity contribution < 1.29 is 9.59 Å². The van der Waals surface area contributed by atoms with Gasteiger partial charge in [0.25, 0.3) is 0 Å². The van der Waals surface area contributed by atoms with Gasteiger partial charge in [0, 0.05) is 0 Å².